The number of nitrogens with zero attached hydrogens (tertiary/aromatic N) is 4. The lowest BCUT2D eigenvalue weighted by Crippen LogP contribution is -2.51. The van der Waals surface area contributed by atoms with Crippen LogP contribution in [0.1, 0.15) is 75.5 Å². The predicted octanol–water partition coefficient (Wildman–Crippen LogP) is 6.34. The molecule has 1 fully saturated rings. The van der Waals surface area contributed by atoms with Crippen molar-refractivity contribution >= 4 is 29.0 Å². The summed E-state index contributed by atoms with van der Waals surface area (Å²) in [5.74, 6) is -0.834. The number of aromatic hydroxyl groups is 2. The minimum absolute atomic E-state index is 0.132. The fourth-order valence-corrected chi connectivity index (χ4v) is 6.55. The van der Waals surface area contributed by atoms with Crippen LogP contribution in [0.4, 0.5) is 11.4 Å². The molecule has 0 aromatic heterocycles. The molecule has 1 heterocycles. The largest absolute Gasteiger partial charge is 0.508 e. The molecule has 2 amide bonds. The Morgan fingerprint density at radius 3 is 1.59 bits per heavy atom. The van der Waals surface area contributed by atoms with E-state index < -0.39 is 5.78 Å². The van der Waals surface area contributed by atoms with Gasteiger partial charge in [-0.3, -0.25) is 14.4 Å². The van der Waals surface area contributed by atoms with Crippen molar-refractivity contribution in [3.8, 4) is 11.5 Å². The molecule has 1 aliphatic rings. The topological polar surface area (TPSA) is 114 Å². The first kappa shape index (κ1) is 36.9. The summed E-state index contributed by atoms with van der Waals surface area (Å²) in [4.78, 5) is 48.7. The summed E-state index contributed by atoms with van der Waals surface area (Å²) in [7, 11) is 0. The fourth-order valence-electron chi connectivity index (χ4n) is 6.55. The Hall–Kier alpha value is -5.35. The quantitative estimate of drug-likeness (QED) is 0.147. The lowest BCUT2D eigenvalue weighted by atomic mass is 9.96. The predicted molar refractivity (Wildman–Crippen MR) is 200 cm³/mol. The Labute approximate surface area is 300 Å². The van der Waals surface area contributed by atoms with E-state index in [4.69, 9.17) is 4.74 Å². The summed E-state index contributed by atoms with van der Waals surface area (Å²) < 4.78 is 5.97. The second-order valence-corrected chi connectivity index (χ2v) is 12.5. The van der Waals surface area contributed by atoms with Gasteiger partial charge in [-0.15, -0.1) is 0 Å². The summed E-state index contributed by atoms with van der Waals surface area (Å²) in [6, 6.07) is 24.6. The molecule has 0 radical (unpaired) electrons. The summed E-state index contributed by atoms with van der Waals surface area (Å²) in [5, 5.41) is 21.4. The zero-order valence-corrected chi connectivity index (χ0v) is 30.0. The van der Waals surface area contributed by atoms with E-state index in [-0.39, 0.29) is 53.2 Å². The van der Waals surface area contributed by atoms with Crippen molar-refractivity contribution in [3.63, 3.8) is 0 Å². The molecule has 4 aromatic carbocycles. The van der Waals surface area contributed by atoms with Crippen LogP contribution in [-0.4, -0.2) is 90.0 Å². The van der Waals surface area contributed by atoms with Crippen LogP contribution < -0.4 is 9.80 Å². The van der Waals surface area contributed by atoms with Crippen LogP contribution in [0.2, 0.25) is 0 Å². The number of amides is 2. The standard InChI is InChI=1S/C41H48N4O6/c1-5-42(6-2)31-18-17-30(37(46)25-31)28-51-27-29-13-9-10-14-33(29)40(49)44-21-23-45(24-22-44)41(50)35-16-12-11-15-34(35)39(48)36-20-19-32(26-38(36)47)43(7-3)8-4/h9-20,25-26,46-47H,5-8,21-24,27-28H2,1-4H3. The average Bonchev–Trinajstić information content (AvgIpc) is 3.16. The van der Waals surface area contributed by atoms with Gasteiger partial charge in [-0.2, -0.15) is 0 Å². The second-order valence-electron chi connectivity index (χ2n) is 12.5. The van der Waals surface area contributed by atoms with Crippen molar-refractivity contribution in [2.24, 2.45) is 0 Å². The molecule has 2 N–H and O–H groups in total. The number of piperazine rings is 1. The van der Waals surface area contributed by atoms with Gasteiger partial charge in [0.1, 0.15) is 11.5 Å². The third-order valence-corrected chi connectivity index (χ3v) is 9.57. The Morgan fingerprint density at radius 2 is 1.04 bits per heavy atom. The average molecular weight is 693 g/mol. The Kier molecular flexibility index (Phi) is 12.3. The van der Waals surface area contributed by atoms with E-state index in [1.165, 1.54) is 0 Å². The molecule has 0 unspecified atom stereocenters. The van der Waals surface area contributed by atoms with Crippen molar-refractivity contribution in [3.05, 3.63) is 118 Å². The number of carbonyl (C=O) groups excluding carboxylic acids is 3. The monoisotopic (exact) mass is 692 g/mol. The molecule has 0 aliphatic carbocycles. The third kappa shape index (κ3) is 8.35. The SMILES string of the molecule is CCN(CC)c1ccc(COCc2ccccc2C(=O)N2CCN(C(=O)c3ccccc3C(=O)c3ccc(N(CC)CC)cc3O)CC2)c(O)c1. The minimum Gasteiger partial charge on any atom is -0.508 e. The number of hydrogen-bond acceptors (Lipinski definition) is 8. The fraction of sp³-hybridized carbons (Fsp3) is 0.341. The van der Waals surface area contributed by atoms with Crippen LogP contribution in [0.5, 0.6) is 11.5 Å². The van der Waals surface area contributed by atoms with Crippen LogP contribution in [-0.2, 0) is 18.0 Å². The maximum absolute atomic E-state index is 13.8. The van der Waals surface area contributed by atoms with Gasteiger partial charge >= 0.3 is 0 Å². The molecule has 0 atom stereocenters. The van der Waals surface area contributed by atoms with Crippen LogP contribution in [0, 0.1) is 0 Å². The minimum atomic E-state index is -0.429. The molecule has 268 valence electrons. The normalized spacial score (nSPS) is 12.9. The summed E-state index contributed by atoms with van der Waals surface area (Å²) in [6.45, 7) is 13.1. The Morgan fingerprint density at radius 1 is 0.569 bits per heavy atom. The van der Waals surface area contributed by atoms with Crippen molar-refractivity contribution in [1.29, 1.82) is 0 Å². The van der Waals surface area contributed by atoms with Gasteiger partial charge in [0.05, 0.1) is 24.3 Å². The Balaban J connectivity index is 1.21. The second kappa shape index (κ2) is 17.0. The van der Waals surface area contributed by atoms with Crippen LogP contribution in [0.25, 0.3) is 0 Å². The molecule has 5 rings (SSSR count). The van der Waals surface area contributed by atoms with Gasteiger partial charge in [-0.1, -0.05) is 42.5 Å². The number of ketones is 1. The lowest BCUT2D eigenvalue weighted by Gasteiger charge is -2.35. The maximum Gasteiger partial charge on any atom is 0.254 e. The van der Waals surface area contributed by atoms with Gasteiger partial charge < -0.3 is 34.5 Å². The lowest BCUT2D eigenvalue weighted by molar-refractivity contribution is 0.0530. The highest BCUT2D eigenvalue weighted by molar-refractivity contribution is 6.16. The number of hydrogen-bond donors (Lipinski definition) is 2. The highest BCUT2D eigenvalue weighted by atomic mass is 16.5. The van der Waals surface area contributed by atoms with Gasteiger partial charge in [-0.25, -0.2) is 0 Å². The van der Waals surface area contributed by atoms with Gasteiger partial charge in [0, 0.05) is 92.6 Å². The van der Waals surface area contributed by atoms with Crippen LogP contribution >= 0.6 is 0 Å². The van der Waals surface area contributed by atoms with E-state index in [0.29, 0.717) is 37.3 Å². The van der Waals surface area contributed by atoms with Crippen molar-refractivity contribution < 1.29 is 29.3 Å². The van der Waals surface area contributed by atoms with Gasteiger partial charge in [0.15, 0.2) is 5.78 Å². The van der Waals surface area contributed by atoms with Crippen LogP contribution in [0.15, 0.2) is 84.9 Å². The molecule has 51 heavy (non-hydrogen) atoms. The summed E-state index contributed by atoms with van der Waals surface area (Å²) in [6.07, 6.45) is 0. The van der Waals surface area contributed by atoms with E-state index in [0.717, 1.165) is 43.1 Å². The molecule has 0 saturated carbocycles. The Bertz CT molecular complexity index is 1840. The highest BCUT2D eigenvalue weighted by Crippen LogP contribution is 2.29. The van der Waals surface area contributed by atoms with Gasteiger partial charge in [-0.05, 0) is 63.6 Å². The smallest absolute Gasteiger partial charge is 0.254 e. The van der Waals surface area contributed by atoms with Crippen LogP contribution in [0.3, 0.4) is 0 Å². The maximum atomic E-state index is 13.8. The van der Waals surface area contributed by atoms with Gasteiger partial charge in [0.2, 0.25) is 0 Å². The van der Waals surface area contributed by atoms with E-state index >= 15 is 0 Å². The van der Waals surface area contributed by atoms with Crippen molar-refractivity contribution in [2.75, 3.05) is 62.2 Å². The summed E-state index contributed by atoms with van der Waals surface area (Å²) in [5.41, 5.74) is 4.31. The molecule has 0 bridgehead atoms. The van der Waals surface area contributed by atoms with Crippen molar-refractivity contribution in [2.45, 2.75) is 40.9 Å². The molecular weight excluding hydrogens is 644 g/mol. The highest BCUT2D eigenvalue weighted by Gasteiger charge is 2.29. The number of benzene rings is 4. The molecule has 0 spiro atoms. The molecule has 1 aliphatic heterocycles. The first-order valence-corrected chi connectivity index (χ1v) is 17.7. The summed E-state index contributed by atoms with van der Waals surface area (Å²) >= 11 is 0. The van der Waals surface area contributed by atoms with Crippen molar-refractivity contribution in [1.82, 2.24) is 9.80 Å². The number of ether oxygens (including phenoxy) is 1. The number of rotatable bonds is 14. The van der Waals surface area contributed by atoms with E-state index in [1.807, 2.05) is 50.2 Å². The molecule has 10 heteroatoms. The molecule has 1 saturated heterocycles. The number of phenols is 2. The van der Waals surface area contributed by atoms with E-state index in [9.17, 15) is 24.6 Å². The zero-order chi connectivity index (χ0) is 36.5. The van der Waals surface area contributed by atoms with E-state index in [1.54, 1.807) is 58.3 Å². The molecule has 4 aromatic rings. The zero-order valence-electron chi connectivity index (χ0n) is 30.0. The van der Waals surface area contributed by atoms with E-state index in [2.05, 4.69) is 23.6 Å². The third-order valence-electron chi connectivity index (χ3n) is 9.57. The number of carbonyl (C=O) groups is 3. The first-order chi connectivity index (χ1) is 24.7. The molecular formula is C41H48N4O6. The van der Waals surface area contributed by atoms with Gasteiger partial charge in [0.25, 0.3) is 11.8 Å². The number of anilines is 2. The number of phenolic OH excluding ortho intramolecular Hbond substituents is 2. The first-order valence-electron chi connectivity index (χ1n) is 17.7. The molecule has 10 nitrogen and oxygen atoms in total.